The highest BCUT2D eigenvalue weighted by atomic mass is 35.5. The van der Waals surface area contributed by atoms with Gasteiger partial charge >= 0.3 is 0 Å². The molecule has 0 radical (unpaired) electrons. The van der Waals surface area contributed by atoms with Crippen molar-refractivity contribution in [3.05, 3.63) is 34.3 Å². The van der Waals surface area contributed by atoms with E-state index in [-0.39, 0.29) is 5.41 Å². The zero-order valence-electron chi connectivity index (χ0n) is 13.5. The fourth-order valence-corrected chi connectivity index (χ4v) is 4.13. The molecule has 1 unspecified atom stereocenters. The Kier molecular flexibility index (Phi) is 4.31. The summed E-state index contributed by atoms with van der Waals surface area (Å²) in [4.78, 5) is 2.44. The molecule has 3 rings (SSSR count). The first-order valence-electron chi connectivity index (χ1n) is 8.16. The fourth-order valence-electron chi connectivity index (χ4n) is 3.95. The molecule has 0 saturated carbocycles. The maximum absolute atomic E-state index is 6.21. The quantitative estimate of drug-likeness (QED) is 0.911. The van der Waals surface area contributed by atoms with Crippen LogP contribution >= 0.6 is 11.6 Å². The van der Waals surface area contributed by atoms with Crippen LogP contribution in [0, 0.1) is 11.3 Å². The number of hydrogen-bond donors (Lipinski definition) is 1. The second-order valence-corrected chi connectivity index (χ2v) is 8.03. The maximum Gasteiger partial charge on any atom is 0.0409 e. The minimum Gasteiger partial charge on any atom is -0.309 e. The molecule has 1 heterocycles. The smallest absolute Gasteiger partial charge is 0.0409 e. The van der Waals surface area contributed by atoms with Gasteiger partial charge < -0.3 is 10.2 Å². The van der Waals surface area contributed by atoms with E-state index in [9.17, 15) is 0 Å². The Morgan fingerprint density at radius 3 is 2.71 bits per heavy atom. The van der Waals surface area contributed by atoms with E-state index in [4.69, 9.17) is 11.6 Å². The van der Waals surface area contributed by atoms with Crippen LogP contribution in [0.3, 0.4) is 0 Å². The van der Waals surface area contributed by atoms with Gasteiger partial charge in [-0.3, -0.25) is 0 Å². The van der Waals surface area contributed by atoms with Crippen molar-refractivity contribution < 1.29 is 0 Å². The van der Waals surface area contributed by atoms with Crippen molar-refractivity contribution in [2.75, 3.05) is 26.7 Å². The summed E-state index contributed by atoms with van der Waals surface area (Å²) < 4.78 is 0. The standard InChI is InChI=1S/C18H27ClN2/c1-18(2)11-14-4-5-15(19)10-16(14)17(18)20-12-13-6-8-21(3)9-7-13/h4-5,10,13,17,20H,6-9,11-12H2,1-3H3. The Labute approximate surface area is 133 Å². The molecule has 2 nitrogen and oxygen atoms in total. The van der Waals surface area contributed by atoms with Crippen molar-refractivity contribution in [2.24, 2.45) is 11.3 Å². The molecule has 1 saturated heterocycles. The lowest BCUT2D eigenvalue weighted by molar-refractivity contribution is 0.196. The first-order valence-corrected chi connectivity index (χ1v) is 8.54. The summed E-state index contributed by atoms with van der Waals surface area (Å²) in [6.45, 7) is 8.35. The van der Waals surface area contributed by atoms with Crippen molar-refractivity contribution in [3.8, 4) is 0 Å². The summed E-state index contributed by atoms with van der Waals surface area (Å²) in [7, 11) is 2.22. The number of piperidine rings is 1. The third kappa shape index (κ3) is 3.28. The van der Waals surface area contributed by atoms with Crippen molar-refractivity contribution in [1.82, 2.24) is 10.2 Å². The zero-order valence-corrected chi connectivity index (χ0v) is 14.2. The monoisotopic (exact) mass is 306 g/mol. The van der Waals surface area contributed by atoms with Crippen LogP contribution in [0.15, 0.2) is 18.2 Å². The average molecular weight is 307 g/mol. The van der Waals surface area contributed by atoms with E-state index in [0.717, 1.165) is 23.9 Å². The molecule has 116 valence electrons. The van der Waals surface area contributed by atoms with Gasteiger partial charge in [0.15, 0.2) is 0 Å². The molecular formula is C18H27ClN2. The van der Waals surface area contributed by atoms with Crippen molar-refractivity contribution >= 4 is 11.6 Å². The molecule has 0 bridgehead atoms. The first-order chi connectivity index (χ1) is 9.95. The van der Waals surface area contributed by atoms with Crippen LogP contribution in [-0.4, -0.2) is 31.6 Å². The van der Waals surface area contributed by atoms with E-state index in [0.29, 0.717) is 6.04 Å². The average Bonchev–Trinajstić information content (AvgIpc) is 2.68. The molecule has 1 atom stereocenters. The molecule has 0 aromatic heterocycles. The molecule has 1 aromatic rings. The van der Waals surface area contributed by atoms with Gasteiger partial charge in [-0.1, -0.05) is 31.5 Å². The van der Waals surface area contributed by atoms with Crippen molar-refractivity contribution in [1.29, 1.82) is 0 Å². The van der Waals surface area contributed by atoms with Gasteiger partial charge in [0, 0.05) is 11.1 Å². The van der Waals surface area contributed by atoms with Gasteiger partial charge in [-0.15, -0.1) is 0 Å². The highest BCUT2D eigenvalue weighted by Gasteiger charge is 2.38. The van der Waals surface area contributed by atoms with Crippen LogP contribution in [0.5, 0.6) is 0 Å². The van der Waals surface area contributed by atoms with Crippen LogP contribution in [0.1, 0.15) is 43.9 Å². The summed E-state index contributed by atoms with van der Waals surface area (Å²) in [6, 6.07) is 6.83. The normalized spacial score (nSPS) is 26.0. The number of nitrogens with zero attached hydrogens (tertiary/aromatic N) is 1. The van der Waals surface area contributed by atoms with Crippen LogP contribution < -0.4 is 5.32 Å². The van der Waals surface area contributed by atoms with Crippen LogP contribution in [0.25, 0.3) is 0 Å². The van der Waals surface area contributed by atoms with E-state index < -0.39 is 0 Å². The largest absolute Gasteiger partial charge is 0.309 e. The molecule has 0 spiro atoms. The molecule has 0 amide bonds. The van der Waals surface area contributed by atoms with Gasteiger partial charge in [-0.05, 0) is 80.5 Å². The second-order valence-electron chi connectivity index (χ2n) is 7.60. The Morgan fingerprint density at radius 1 is 1.29 bits per heavy atom. The molecule has 1 aromatic carbocycles. The fraction of sp³-hybridized carbons (Fsp3) is 0.667. The van der Waals surface area contributed by atoms with Gasteiger partial charge in [0.1, 0.15) is 0 Å². The Morgan fingerprint density at radius 2 is 2.00 bits per heavy atom. The van der Waals surface area contributed by atoms with Crippen LogP contribution in [0.4, 0.5) is 0 Å². The predicted molar refractivity (Wildman–Crippen MR) is 89.9 cm³/mol. The maximum atomic E-state index is 6.21. The lowest BCUT2D eigenvalue weighted by atomic mass is 9.84. The Bertz CT molecular complexity index is 504. The van der Waals surface area contributed by atoms with Gasteiger partial charge in [0.25, 0.3) is 0 Å². The molecule has 1 N–H and O–H groups in total. The zero-order chi connectivity index (χ0) is 15.0. The highest BCUT2D eigenvalue weighted by molar-refractivity contribution is 6.30. The van der Waals surface area contributed by atoms with Gasteiger partial charge in [-0.25, -0.2) is 0 Å². The van der Waals surface area contributed by atoms with Crippen LogP contribution in [0.2, 0.25) is 5.02 Å². The summed E-state index contributed by atoms with van der Waals surface area (Å²) in [6.07, 6.45) is 3.78. The first kappa shape index (κ1) is 15.3. The summed E-state index contributed by atoms with van der Waals surface area (Å²) in [5.74, 6) is 0.820. The summed E-state index contributed by atoms with van der Waals surface area (Å²) in [5.41, 5.74) is 3.16. The van der Waals surface area contributed by atoms with E-state index in [1.165, 1.54) is 37.1 Å². The Balaban J connectivity index is 1.68. The molecule has 21 heavy (non-hydrogen) atoms. The van der Waals surface area contributed by atoms with Gasteiger partial charge in [0.2, 0.25) is 0 Å². The molecule has 1 aliphatic heterocycles. The van der Waals surface area contributed by atoms with E-state index in [1.54, 1.807) is 0 Å². The van der Waals surface area contributed by atoms with Crippen molar-refractivity contribution in [3.63, 3.8) is 0 Å². The highest BCUT2D eigenvalue weighted by Crippen LogP contribution is 2.46. The SMILES string of the molecule is CN1CCC(CNC2c3cc(Cl)ccc3CC2(C)C)CC1. The van der Waals surface area contributed by atoms with E-state index in [1.807, 2.05) is 6.07 Å². The van der Waals surface area contributed by atoms with Crippen molar-refractivity contribution in [2.45, 2.75) is 39.2 Å². The molecule has 1 aliphatic carbocycles. The lowest BCUT2D eigenvalue weighted by Gasteiger charge is -2.33. The third-order valence-corrected chi connectivity index (χ3v) is 5.53. The minimum atomic E-state index is 0.276. The molecule has 2 aliphatic rings. The summed E-state index contributed by atoms with van der Waals surface area (Å²) in [5, 5.41) is 4.72. The van der Waals surface area contributed by atoms with E-state index in [2.05, 4.69) is 43.2 Å². The number of halogens is 1. The molecule has 1 fully saturated rings. The minimum absolute atomic E-state index is 0.276. The van der Waals surface area contributed by atoms with Gasteiger partial charge in [-0.2, -0.15) is 0 Å². The molecular weight excluding hydrogens is 280 g/mol. The number of nitrogens with one attached hydrogen (secondary N) is 1. The van der Waals surface area contributed by atoms with E-state index >= 15 is 0 Å². The molecule has 3 heteroatoms. The van der Waals surface area contributed by atoms with Crippen LogP contribution in [-0.2, 0) is 6.42 Å². The predicted octanol–water partition coefficient (Wildman–Crippen LogP) is 3.89. The number of rotatable bonds is 3. The third-order valence-electron chi connectivity index (χ3n) is 5.30. The summed E-state index contributed by atoms with van der Waals surface area (Å²) >= 11 is 6.21. The number of hydrogen-bond acceptors (Lipinski definition) is 2. The second kappa shape index (κ2) is 5.91. The number of benzene rings is 1. The number of likely N-dealkylation sites (tertiary alicyclic amines) is 1. The Hall–Kier alpha value is -0.570. The topological polar surface area (TPSA) is 15.3 Å². The van der Waals surface area contributed by atoms with Gasteiger partial charge in [0.05, 0.1) is 0 Å². The lowest BCUT2D eigenvalue weighted by Crippen LogP contribution is -2.38. The number of fused-ring (bicyclic) bond motifs is 1.